The molecule has 0 bridgehead atoms. The molecule has 6 nitrogen and oxygen atoms in total. The Morgan fingerprint density at radius 1 is 1.47 bits per heavy atom. The fourth-order valence-electron chi connectivity index (χ4n) is 1.94. The van der Waals surface area contributed by atoms with Gasteiger partial charge in [0.05, 0.1) is 23.6 Å². The van der Waals surface area contributed by atoms with Crippen molar-refractivity contribution in [1.29, 1.82) is 0 Å². The number of carbonyl (C=O) groups is 1. The average molecular weight is 236 g/mol. The number of hydrogen-bond acceptors (Lipinski definition) is 5. The van der Waals surface area contributed by atoms with Gasteiger partial charge >= 0.3 is 0 Å². The van der Waals surface area contributed by atoms with E-state index in [-0.39, 0.29) is 6.10 Å². The number of piperidine rings is 1. The number of nitrogen functional groups attached to an aromatic ring is 1. The second kappa shape index (κ2) is 4.58. The number of hydrogen-bond donors (Lipinski definition) is 3. The number of aliphatic hydroxyl groups excluding tert-OH is 1. The smallest absolute Gasteiger partial charge is 0.250 e. The highest BCUT2D eigenvalue weighted by atomic mass is 16.3. The molecule has 6 heteroatoms. The molecule has 1 amide bonds. The van der Waals surface area contributed by atoms with E-state index in [4.69, 9.17) is 11.5 Å². The van der Waals surface area contributed by atoms with Crippen LogP contribution in [0, 0.1) is 0 Å². The van der Waals surface area contributed by atoms with Gasteiger partial charge in [0, 0.05) is 13.1 Å². The fraction of sp³-hybridized carbons (Fsp3) is 0.455. The van der Waals surface area contributed by atoms with Crippen molar-refractivity contribution in [1.82, 2.24) is 4.98 Å². The van der Waals surface area contributed by atoms with Gasteiger partial charge in [0.25, 0.3) is 5.91 Å². The van der Waals surface area contributed by atoms with E-state index in [9.17, 15) is 9.90 Å². The molecule has 0 unspecified atom stereocenters. The number of nitrogens with two attached hydrogens (primary N) is 2. The summed E-state index contributed by atoms with van der Waals surface area (Å²) in [4.78, 5) is 17.4. The Bertz CT molecular complexity index is 427. The lowest BCUT2D eigenvalue weighted by atomic mass is 10.1. The highest BCUT2D eigenvalue weighted by Gasteiger charge is 2.19. The van der Waals surface area contributed by atoms with Crippen molar-refractivity contribution in [2.24, 2.45) is 5.73 Å². The largest absolute Gasteiger partial charge is 0.397 e. The van der Waals surface area contributed by atoms with Crippen LogP contribution in [0.25, 0.3) is 0 Å². The number of anilines is 2. The molecule has 2 heterocycles. The van der Waals surface area contributed by atoms with Gasteiger partial charge in [-0.3, -0.25) is 4.79 Å². The molecule has 0 aliphatic carbocycles. The Morgan fingerprint density at radius 3 is 2.71 bits per heavy atom. The maximum Gasteiger partial charge on any atom is 0.250 e. The fourth-order valence-corrected chi connectivity index (χ4v) is 1.94. The number of aliphatic hydroxyl groups is 1. The van der Waals surface area contributed by atoms with Crippen LogP contribution in [-0.4, -0.2) is 35.2 Å². The Kier molecular flexibility index (Phi) is 3.14. The van der Waals surface area contributed by atoms with Crippen LogP contribution in [0.2, 0.25) is 0 Å². The zero-order chi connectivity index (χ0) is 12.4. The summed E-state index contributed by atoms with van der Waals surface area (Å²) in [7, 11) is 0. The lowest BCUT2D eigenvalue weighted by Crippen LogP contribution is -2.36. The van der Waals surface area contributed by atoms with E-state index < -0.39 is 5.91 Å². The van der Waals surface area contributed by atoms with Crippen LogP contribution >= 0.6 is 0 Å². The number of nitrogens with zero attached hydrogens (tertiary/aromatic N) is 2. The Morgan fingerprint density at radius 2 is 2.12 bits per heavy atom. The lowest BCUT2D eigenvalue weighted by Gasteiger charge is -2.30. The maximum absolute atomic E-state index is 11.2. The van der Waals surface area contributed by atoms with Gasteiger partial charge in [-0.2, -0.15) is 0 Å². The van der Waals surface area contributed by atoms with Gasteiger partial charge in [0.15, 0.2) is 0 Å². The molecule has 0 aromatic carbocycles. The molecule has 2 rings (SSSR count). The average Bonchev–Trinajstić information content (AvgIpc) is 2.30. The topological polar surface area (TPSA) is 105 Å². The highest BCUT2D eigenvalue weighted by Crippen LogP contribution is 2.21. The number of rotatable bonds is 2. The van der Waals surface area contributed by atoms with Gasteiger partial charge in [-0.15, -0.1) is 0 Å². The SMILES string of the molecule is NC(=O)c1cc(N2CCC(O)CC2)ncc1N. The first-order valence-corrected chi connectivity index (χ1v) is 5.56. The van der Waals surface area contributed by atoms with E-state index in [0.29, 0.717) is 29.9 Å². The van der Waals surface area contributed by atoms with Crippen molar-refractivity contribution < 1.29 is 9.90 Å². The van der Waals surface area contributed by atoms with Gasteiger partial charge < -0.3 is 21.5 Å². The quantitative estimate of drug-likeness (QED) is 0.655. The predicted octanol–water partition coefficient (Wildman–Crippen LogP) is -0.276. The molecule has 1 aliphatic heterocycles. The van der Waals surface area contributed by atoms with E-state index in [1.807, 2.05) is 4.90 Å². The van der Waals surface area contributed by atoms with E-state index in [1.54, 1.807) is 6.07 Å². The monoisotopic (exact) mass is 236 g/mol. The maximum atomic E-state index is 11.2. The van der Waals surface area contributed by atoms with E-state index in [1.165, 1.54) is 6.20 Å². The molecular weight excluding hydrogens is 220 g/mol. The van der Waals surface area contributed by atoms with Crippen LogP contribution in [0.5, 0.6) is 0 Å². The van der Waals surface area contributed by atoms with Crippen LogP contribution in [0.4, 0.5) is 11.5 Å². The molecule has 0 spiro atoms. The summed E-state index contributed by atoms with van der Waals surface area (Å²) < 4.78 is 0. The first-order valence-electron chi connectivity index (χ1n) is 5.56. The predicted molar refractivity (Wildman–Crippen MR) is 64.6 cm³/mol. The lowest BCUT2D eigenvalue weighted by molar-refractivity contribution is 0.100. The summed E-state index contributed by atoms with van der Waals surface area (Å²) in [5.41, 5.74) is 11.4. The first-order chi connectivity index (χ1) is 8.08. The zero-order valence-electron chi connectivity index (χ0n) is 9.47. The molecule has 0 radical (unpaired) electrons. The minimum atomic E-state index is -0.553. The van der Waals surface area contributed by atoms with E-state index >= 15 is 0 Å². The standard InChI is InChI=1S/C11H16N4O2/c12-9-6-14-10(5-8(9)11(13)17)15-3-1-7(16)2-4-15/h5-7,16H,1-4,12H2,(H2,13,17). The molecular formula is C11H16N4O2. The molecule has 0 saturated carbocycles. The number of aromatic nitrogens is 1. The number of primary amides is 1. The Labute approximate surface area is 99.2 Å². The number of carbonyl (C=O) groups excluding carboxylic acids is 1. The minimum absolute atomic E-state index is 0.240. The van der Waals surface area contributed by atoms with E-state index in [0.717, 1.165) is 13.1 Å². The van der Waals surface area contributed by atoms with Crippen LogP contribution in [0.1, 0.15) is 23.2 Å². The van der Waals surface area contributed by atoms with Gasteiger partial charge in [-0.05, 0) is 18.9 Å². The summed E-state index contributed by atoms with van der Waals surface area (Å²) in [6.45, 7) is 1.44. The summed E-state index contributed by atoms with van der Waals surface area (Å²) >= 11 is 0. The van der Waals surface area contributed by atoms with Gasteiger partial charge in [0.1, 0.15) is 5.82 Å². The number of amides is 1. The summed E-state index contributed by atoms with van der Waals surface area (Å²) in [5.74, 6) is 0.128. The third-order valence-electron chi connectivity index (χ3n) is 2.97. The third kappa shape index (κ3) is 2.47. The third-order valence-corrected chi connectivity index (χ3v) is 2.97. The van der Waals surface area contributed by atoms with Gasteiger partial charge in [-0.25, -0.2) is 4.98 Å². The first kappa shape index (κ1) is 11.7. The molecule has 1 aromatic heterocycles. The Balaban J connectivity index is 2.21. The van der Waals surface area contributed by atoms with Gasteiger partial charge in [-0.1, -0.05) is 0 Å². The van der Waals surface area contributed by atoms with Crippen molar-refractivity contribution in [3.05, 3.63) is 17.8 Å². The summed E-state index contributed by atoms with van der Waals surface area (Å²) in [6, 6.07) is 1.61. The summed E-state index contributed by atoms with van der Waals surface area (Å²) in [5, 5.41) is 9.42. The van der Waals surface area contributed by atoms with Crippen LogP contribution in [0.15, 0.2) is 12.3 Å². The van der Waals surface area contributed by atoms with Crippen LogP contribution < -0.4 is 16.4 Å². The van der Waals surface area contributed by atoms with Crippen molar-refractivity contribution in [3.8, 4) is 0 Å². The zero-order valence-corrected chi connectivity index (χ0v) is 9.47. The second-order valence-corrected chi connectivity index (χ2v) is 4.21. The summed E-state index contributed by atoms with van der Waals surface area (Å²) in [6.07, 6.45) is 2.62. The van der Waals surface area contributed by atoms with Crippen molar-refractivity contribution in [2.75, 3.05) is 23.7 Å². The van der Waals surface area contributed by atoms with E-state index in [2.05, 4.69) is 4.98 Å². The van der Waals surface area contributed by atoms with Crippen LogP contribution in [-0.2, 0) is 0 Å². The second-order valence-electron chi connectivity index (χ2n) is 4.21. The van der Waals surface area contributed by atoms with Crippen LogP contribution in [0.3, 0.4) is 0 Å². The van der Waals surface area contributed by atoms with Crippen molar-refractivity contribution in [3.63, 3.8) is 0 Å². The molecule has 1 aliphatic rings. The molecule has 0 atom stereocenters. The van der Waals surface area contributed by atoms with Crippen molar-refractivity contribution >= 4 is 17.4 Å². The van der Waals surface area contributed by atoms with Gasteiger partial charge in [0.2, 0.25) is 0 Å². The highest BCUT2D eigenvalue weighted by molar-refractivity contribution is 5.98. The molecule has 5 N–H and O–H groups in total. The van der Waals surface area contributed by atoms with Crippen molar-refractivity contribution in [2.45, 2.75) is 18.9 Å². The minimum Gasteiger partial charge on any atom is -0.397 e. The molecule has 17 heavy (non-hydrogen) atoms. The molecule has 1 fully saturated rings. The molecule has 1 saturated heterocycles. The molecule has 1 aromatic rings. The Hall–Kier alpha value is -1.82. The molecule has 92 valence electrons. The number of pyridine rings is 1. The normalized spacial score (nSPS) is 17.1.